The average Bonchev–Trinajstić information content (AvgIpc) is 2.88. The number of hydrogen-bond donors (Lipinski definition) is 3. The number of carboxylic acids is 1. The minimum atomic E-state index is -1.04. The van der Waals surface area contributed by atoms with E-state index in [1.165, 1.54) is 11.3 Å². The summed E-state index contributed by atoms with van der Waals surface area (Å²) in [6.45, 7) is 0.871. The molecule has 0 saturated carbocycles. The van der Waals surface area contributed by atoms with Crippen LogP contribution in [-0.4, -0.2) is 36.9 Å². The number of aliphatic carboxylic acids is 1. The summed E-state index contributed by atoms with van der Waals surface area (Å²) in [6.07, 6.45) is 0.925. The lowest BCUT2D eigenvalue weighted by molar-refractivity contribution is -0.139. The maximum atomic E-state index is 11.6. The zero-order valence-electron chi connectivity index (χ0n) is 10.7. The largest absolute Gasteiger partial charge is 0.480 e. The van der Waals surface area contributed by atoms with Crippen LogP contribution in [-0.2, 0) is 16.1 Å². The molecule has 19 heavy (non-hydrogen) atoms. The second-order valence-electron chi connectivity index (χ2n) is 3.93. The molecule has 7 heteroatoms. The second-order valence-corrected chi connectivity index (χ2v) is 4.96. The summed E-state index contributed by atoms with van der Waals surface area (Å²) in [5.74, 6) is -1.04. The van der Waals surface area contributed by atoms with Crippen molar-refractivity contribution >= 4 is 23.3 Å². The number of rotatable bonds is 8. The molecule has 0 aliphatic heterocycles. The minimum Gasteiger partial charge on any atom is -0.480 e. The van der Waals surface area contributed by atoms with Gasteiger partial charge in [-0.1, -0.05) is 6.07 Å². The lowest BCUT2D eigenvalue weighted by atomic mass is 10.1. The van der Waals surface area contributed by atoms with Crippen LogP contribution in [0.4, 0.5) is 4.79 Å². The Hall–Kier alpha value is -1.60. The molecule has 0 aliphatic rings. The van der Waals surface area contributed by atoms with Crippen LogP contribution in [0.15, 0.2) is 17.5 Å². The van der Waals surface area contributed by atoms with Gasteiger partial charge in [-0.3, -0.25) is 0 Å². The predicted molar refractivity (Wildman–Crippen MR) is 72.2 cm³/mol. The lowest BCUT2D eigenvalue weighted by Crippen LogP contribution is -2.45. The smallest absolute Gasteiger partial charge is 0.326 e. The molecule has 1 atom stereocenters. The second kappa shape index (κ2) is 8.49. The first kappa shape index (κ1) is 15.5. The highest BCUT2D eigenvalue weighted by Crippen LogP contribution is 2.07. The molecule has 0 saturated heterocycles. The van der Waals surface area contributed by atoms with E-state index >= 15 is 0 Å². The van der Waals surface area contributed by atoms with Gasteiger partial charge in [-0.15, -0.1) is 11.3 Å². The summed E-state index contributed by atoms with van der Waals surface area (Å²) in [6, 6.07) is 2.43. The van der Waals surface area contributed by atoms with Gasteiger partial charge >= 0.3 is 12.0 Å². The number of amides is 2. The third kappa shape index (κ3) is 6.21. The Labute approximate surface area is 115 Å². The Kier molecular flexibility index (Phi) is 6.91. The molecule has 0 spiro atoms. The zero-order valence-corrected chi connectivity index (χ0v) is 11.5. The lowest BCUT2D eigenvalue weighted by Gasteiger charge is -2.14. The molecule has 1 rings (SSSR count). The van der Waals surface area contributed by atoms with E-state index in [2.05, 4.69) is 10.6 Å². The number of ether oxygens (including phenoxy) is 1. The van der Waals surface area contributed by atoms with Crippen LogP contribution in [0.5, 0.6) is 0 Å². The number of nitrogens with one attached hydrogen (secondary N) is 2. The van der Waals surface area contributed by atoms with E-state index in [9.17, 15) is 9.59 Å². The van der Waals surface area contributed by atoms with Gasteiger partial charge in [0.1, 0.15) is 6.04 Å². The predicted octanol–water partition coefficient (Wildman–Crippen LogP) is 1.43. The molecule has 0 radical (unpaired) electrons. The van der Waals surface area contributed by atoms with Crippen LogP contribution in [0.1, 0.15) is 17.7 Å². The van der Waals surface area contributed by atoms with Gasteiger partial charge in [0.2, 0.25) is 0 Å². The molecule has 1 heterocycles. The fourth-order valence-electron chi connectivity index (χ4n) is 1.48. The molecule has 1 aromatic rings. The molecule has 6 nitrogen and oxygen atoms in total. The number of carbonyl (C=O) groups is 2. The van der Waals surface area contributed by atoms with Crippen LogP contribution in [0.25, 0.3) is 0 Å². The van der Waals surface area contributed by atoms with Crippen molar-refractivity contribution in [2.24, 2.45) is 0 Å². The van der Waals surface area contributed by atoms with Gasteiger partial charge in [-0.25, -0.2) is 9.59 Å². The molecule has 106 valence electrons. The van der Waals surface area contributed by atoms with Gasteiger partial charge in [0.15, 0.2) is 0 Å². The van der Waals surface area contributed by atoms with Crippen molar-refractivity contribution in [3.05, 3.63) is 22.4 Å². The number of carbonyl (C=O) groups excluding carboxylic acids is 1. The summed E-state index contributed by atoms with van der Waals surface area (Å²) in [7, 11) is 1.55. The average molecular weight is 286 g/mol. The third-order valence-corrected chi connectivity index (χ3v) is 3.32. The van der Waals surface area contributed by atoms with Gasteiger partial charge in [-0.2, -0.15) is 0 Å². The van der Waals surface area contributed by atoms with Crippen LogP contribution in [0.2, 0.25) is 0 Å². The topological polar surface area (TPSA) is 87.7 Å². The fourth-order valence-corrected chi connectivity index (χ4v) is 2.12. The Balaban J connectivity index is 2.32. The molecule has 0 bridgehead atoms. The maximum Gasteiger partial charge on any atom is 0.326 e. The van der Waals surface area contributed by atoms with Gasteiger partial charge in [-0.05, 0) is 24.3 Å². The third-order valence-electron chi connectivity index (χ3n) is 2.45. The molecule has 0 aromatic carbocycles. The molecular formula is C12H18N2O4S. The van der Waals surface area contributed by atoms with E-state index in [1.807, 2.05) is 17.5 Å². The van der Waals surface area contributed by atoms with Crippen LogP contribution >= 0.6 is 11.3 Å². The number of methoxy groups -OCH3 is 1. The Bertz CT molecular complexity index is 394. The summed E-state index contributed by atoms with van der Waals surface area (Å²) in [5.41, 5.74) is 0. The summed E-state index contributed by atoms with van der Waals surface area (Å²) < 4.78 is 4.85. The van der Waals surface area contributed by atoms with Crippen LogP contribution < -0.4 is 10.6 Å². The van der Waals surface area contributed by atoms with E-state index < -0.39 is 18.0 Å². The molecule has 1 unspecified atom stereocenters. The normalized spacial score (nSPS) is 11.8. The van der Waals surface area contributed by atoms with E-state index in [4.69, 9.17) is 9.84 Å². The zero-order chi connectivity index (χ0) is 14.1. The molecular weight excluding hydrogens is 268 g/mol. The first-order valence-corrected chi connectivity index (χ1v) is 6.80. The molecule has 0 fully saturated rings. The van der Waals surface area contributed by atoms with Gasteiger partial charge in [0, 0.05) is 18.6 Å². The number of carboxylic acid groups (broad SMARTS) is 1. The van der Waals surface area contributed by atoms with Crippen molar-refractivity contribution in [1.82, 2.24) is 10.6 Å². The highest BCUT2D eigenvalue weighted by atomic mass is 32.1. The molecule has 2 amide bonds. The summed E-state index contributed by atoms with van der Waals surface area (Å²) in [4.78, 5) is 23.6. The molecule has 1 aromatic heterocycles. The van der Waals surface area contributed by atoms with Crippen molar-refractivity contribution in [2.75, 3.05) is 13.7 Å². The summed E-state index contributed by atoms with van der Waals surface area (Å²) in [5, 5.41) is 16.0. The monoisotopic (exact) mass is 286 g/mol. The maximum absolute atomic E-state index is 11.6. The Morgan fingerprint density at radius 3 is 2.89 bits per heavy atom. The Morgan fingerprint density at radius 1 is 1.53 bits per heavy atom. The van der Waals surface area contributed by atoms with E-state index in [1.54, 1.807) is 7.11 Å². The standard InChI is InChI=1S/C12H18N2O4S/c1-18-6-2-5-10(11(15)16)14-12(17)13-8-9-4-3-7-19-9/h3-4,7,10H,2,5-6,8H2,1H3,(H,15,16)(H2,13,14,17). The van der Waals surface area contributed by atoms with Crippen molar-refractivity contribution < 1.29 is 19.4 Å². The molecule has 0 aliphatic carbocycles. The number of hydrogen-bond acceptors (Lipinski definition) is 4. The fraction of sp³-hybridized carbons (Fsp3) is 0.500. The van der Waals surface area contributed by atoms with Gasteiger partial charge in [0.25, 0.3) is 0 Å². The van der Waals surface area contributed by atoms with Gasteiger partial charge in [0.05, 0.1) is 6.54 Å². The molecule has 3 N–H and O–H groups in total. The van der Waals surface area contributed by atoms with E-state index in [0.717, 1.165) is 4.88 Å². The summed E-state index contributed by atoms with van der Waals surface area (Å²) >= 11 is 1.53. The van der Waals surface area contributed by atoms with Crippen molar-refractivity contribution in [2.45, 2.75) is 25.4 Å². The number of thiophene rings is 1. The van der Waals surface area contributed by atoms with E-state index in [0.29, 0.717) is 26.0 Å². The highest BCUT2D eigenvalue weighted by molar-refractivity contribution is 7.09. The van der Waals surface area contributed by atoms with E-state index in [-0.39, 0.29) is 0 Å². The van der Waals surface area contributed by atoms with Crippen molar-refractivity contribution in [3.8, 4) is 0 Å². The van der Waals surface area contributed by atoms with Crippen molar-refractivity contribution in [3.63, 3.8) is 0 Å². The van der Waals surface area contributed by atoms with Crippen LogP contribution in [0.3, 0.4) is 0 Å². The SMILES string of the molecule is COCCCC(NC(=O)NCc1cccs1)C(=O)O. The highest BCUT2D eigenvalue weighted by Gasteiger charge is 2.19. The van der Waals surface area contributed by atoms with Crippen LogP contribution in [0, 0.1) is 0 Å². The quantitative estimate of drug-likeness (QED) is 0.631. The number of urea groups is 1. The first-order chi connectivity index (χ1) is 9.13. The first-order valence-electron chi connectivity index (χ1n) is 5.92. The van der Waals surface area contributed by atoms with Crippen molar-refractivity contribution in [1.29, 1.82) is 0 Å². The van der Waals surface area contributed by atoms with Gasteiger partial charge < -0.3 is 20.5 Å². The Morgan fingerprint density at radius 2 is 2.32 bits per heavy atom. The minimum absolute atomic E-state index is 0.343.